The third-order valence-electron chi connectivity index (χ3n) is 5.48. The molecular formula is C23H18Cl2N2O3. The van der Waals surface area contributed by atoms with Crippen LogP contribution in [0.15, 0.2) is 65.3 Å². The molecule has 4 rings (SSSR count). The molecule has 0 aromatic heterocycles. The van der Waals surface area contributed by atoms with Crippen LogP contribution in [0.25, 0.3) is 0 Å². The molecule has 0 spiro atoms. The Morgan fingerprint density at radius 1 is 1.20 bits per heavy atom. The molecule has 0 saturated carbocycles. The van der Waals surface area contributed by atoms with Crippen molar-refractivity contribution in [3.05, 3.63) is 86.4 Å². The van der Waals surface area contributed by atoms with Crippen LogP contribution in [0.1, 0.15) is 35.8 Å². The molecule has 2 aromatic carbocycles. The van der Waals surface area contributed by atoms with Crippen LogP contribution in [0, 0.1) is 11.3 Å². The van der Waals surface area contributed by atoms with Crippen LogP contribution in [0.4, 0.5) is 0 Å². The number of nitriles is 1. The number of rotatable bonds is 3. The van der Waals surface area contributed by atoms with E-state index in [1.54, 1.807) is 12.1 Å². The van der Waals surface area contributed by atoms with Gasteiger partial charge in [-0.25, -0.2) is 0 Å². The molecule has 0 bridgehead atoms. The quantitative estimate of drug-likeness (QED) is 0.707. The number of nitrogens with zero attached hydrogens (tertiary/aromatic N) is 1. The minimum absolute atomic E-state index is 0.0269. The Hall–Kier alpha value is -2.94. The maximum atomic E-state index is 13.3. The minimum atomic E-state index is -0.755. The number of Topliss-reactive ketones (excluding diaryl/α,β-unsaturated/α-hetero) is 1. The van der Waals surface area contributed by atoms with Gasteiger partial charge in [-0.15, -0.1) is 0 Å². The van der Waals surface area contributed by atoms with Crippen LogP contribution in [0.5, 0.6) is 5.75 Å². The Morgan fingerprint density at radius 3 is 2.60 bits per heavy atom. The molecule has 2 aromatic rings. The van der Waals surface area contributed by atoms with Crippen molar-refractivity contribution in [2.45, 2.75) is 24.7 Å². The Bertz CT molecular complexity index is 1130. The number of ether oxygens (including phenoxy) is 2. The summed E-state index contributed by atoms with van der Waals surface area (Å²) >= 11 is 12.6. The lowest BCUT2D eigenvalue weighted by Crippen LogP contribution is -2.30. The first-order valence-corrected chi connectivity index (χ1v) is 10.1. The number of benzene rings is 2. The zero-order chi connectivity index (χ0) is 21.4. The van der Waals surface area contributed by atoms with Crippen LogP contribution in [0.2, 0.25) is 10.0 Å². The molecule has 1 heterocycles. The smallest absolute Gasteiger partial charge is 0.205 e. The van der Waals surface area contributed by atoms with E-state index in [9.17, 15) is 10.1 Å². The molecule has 0 amide bonds. The van der Waals surface area contributed by atoms with Crippen molar-refractivity contribution >= 4 is 29.0 Å². The van der Waals surface area contributed by atoms with Crippen LogP contribution in [-0.4, -0.2) is 12.9 Å². The Balaban J connectivity index is 1.87. The summed E-state index contributed by atoms with van der Waals surface area (Å²) in [5.41, 5.74) is 8.21. The summed E-state index contributed by atoms with van der Waals surface area (Å²) in [6, 6.07) is 15.1. The summed E-state index contributed by atoms with van der Waals surface area (Å²) < 4.78 is 11.3. The standard InChI is InChI=1S/C23H18Cl2N2O3/c1-29-22-15(9-14(24)10-17(22)25)20-16(11-26)23(27)30-19-8-13(7-18(28)21(19)20)12-5-3-2-4-6-12/h2-6,9-10,13,20H,7-8,27H2,1H3/t13-,20+/m1/s1. The molecule has 0 unspecified atom stereocenters. The van der Waals surface area contributed by atoms with E-state index >= 15 is 0 Å². The Morgan fingerprint density at radius 2 is 1.93 bits per heavy atom. The third kappa shape index (κ3) is 3.43. The number of methoxy groups -OCH3 is 1. The molecule has 2 N–H and O–H groups in total. The van der Waals surface area contributed by atoms with Gasteiger partial charge in [0.1, 0.15) is 23.2 Å². The van der Waals surface area contributed by atoms with Crippen LogP contribution >= 0.6 is 23.2 Å². The molecule has 0 fully saturated rings. The Labute approximate surface area is 184 Å². The number of halogens is 2. The molecule has 1 aliphatic carbocycles. The van der Waals surface area contributed by atoms with E-state index in [4.69, 9.17) is 38.4 Å². The molecule has 7 heteroatoms. The van der Waals surface area contributed by atoms with E-state index < -0.39 is 5.92 Å². The van der Waals surface area contributed by atoms with Gasteiger partial charge in [0.05, 0.1) is 18.1 Å². The second-order valence-corrected chi connectivity index (χ2v) is 8.05. The van der Waals surface area contributed by atoms with Gasteiger partial charge in [-0.3, -0.25) is 4.79 Å². The topological polar surface area (TPSA) is 85.3 Å². The largest absolute Gasteiger partial charge is 0.495 e. The molecular weight excluding hydrogens is 423 g/mol. The van der Waals surface area contributed by atoms with E-state index in [0.29, 0.717) is 40.5 Å². The number of hydrogen-bond donors (Lipinski definition) is 1. The highest BCUT2D eigenvalue weighted by molar-refractivity contribution is 6.35. The first-order chi connectivity index (χ1) is 14.4. The van der Waals surface area contributed by atoms with Crippen molar-refractivity contribution in [2.75, 3.05) is 7.11 Å². The summed E-state index contributed by atoms with van der Waals surface area (Å²) in [4.78, 5) is 13.3. The molecule has 2 aliphatic rings. The predicted molar refractivity (Wildman–Crippen MR) is 114 cm³/mol. The normalized spacial score (nSPS) is 21.1. The molecule has 1 aliphatic heterocycles. The van der Waals surface area contributed by atoms with Crippen LogP contribution in [-0.2, 0) is 9.53 Å². The number of nitrogens with two attached hydrogens (primary N) is 1. The van der Waals surface area contributed by atoms with Gasteiger partial charge in [-0.05, 0) is 23.6 Å². The van der Waals surface area contributed by atoms with Gasteiger partial charge in [-0.2, -0.15) is 5.26 Å². The molecule has 0 saturated heterocycles. The molecule has 152 valence electrons. The van der Waals surface area contributed by atoms with E-state index in [1.807, 2.05) is 30.3 Å². The van der Waals surface area contributed by atoms with Crippen molar-refractivity contribution in [2.24, 2.45) is 5.73 Å². The van der Waals surface area contributed by atoms with Crippen molar-refractivity contribution in [3.8, 4) is 11.8 Å². The second kappa shape index (κ2) is 8.06. The van der Waals surface area contributed by atoms with Gasteiger partial charge in [0.2, 0.25) is 5.88 Å². The van der Waals surface area contributed by atoms with Crippen molar-refractivity contribution in [3.63, 3.8) is 0 Å². The first kappa shape index (κ1) is 20.3. The highest BCUT2D eigenvalue weighted by atomic mass is 35.5. The fraction of sp³-hybridized carbons (Fsp3) is 0.217. The van der Waals surface area contributed by atoms with E-state index in [1.165, 1.54) is 7.11 Å². The average molecular weight is 441 g/mol. The van der Waals surface area contributed by atoms with Crippen molar-refractivity contribution in [1.29, 1.82) is 5.26 Å². The average Bonchev–Trinajstić information content (AvgIpc) is 2.72. The zero-order valence-electron chi connectivity index (χ0n) is 16.1. The number of hydrogen-bond acceptors (Lipinski definition) is 5. The lowest BCUT2D eigenvalue weighted by molar-refractivity contribution is -0.117. The molecule has 2 atom stereocenters. The summed E-state index contributed by atoms with van der Waals surface area (Å²) in [6.07, 6.45) is 0.801. The summed E-state index contributed by atoms with van der Waals surface area (Å²) in [6.45, 7) is 0. The number of carbonyl (C=O) groups excluding carboxylic acids is 1. The summed E-state index contributed by atoms with van der Waals surface area (Å²) in [7, 11) is 1.47. The zero-order valence-corrected chi connectivity index (χ0v) is 17.6. The van der Waals surface area contributed by atoms with Gasteiger partial charge in [-0.1, -0.05) is 53.5 Å². The van der Waals surface area contributed by atoms with E-state index in [2.05, 4.69) is 6.07 Å². The van der Waals surface area contributed by atoms with E-state index in [0.717, 1.165) is 5.56 Å². The SMILES string of the molecule is COc1c(Cl)cc(Cl)cc1[C@H]1C(C#N)=C(N)OC2=C1C(=O)C[C@@H](c1ccccc1)C2. The highest BCUT2D eigenvalue weighted by Crippen LogP contribution is 2.50. The maximum absolute atomic E-state index is 13.3. The summed E-state index contributed by atoms with van der Waals surface area (Å²) in [5, 5.41) is 10.4. The van der Waals surface area contributed by atoms with Gasteiger partial charge >= 0.3 is 0 Å². The lowest BCUT2D eigenvalue weighted by atomic mass is 9.73. The number of carbonyl (C=O) groups is 1. The number of allylic oxidation sites excluding steroid dienone is 3. The highest BCUT2D eigenvalue weighted by Gasteiger charge is 2.42. The predicted octanol–water partition coefficient (Wildman–Crippen LogP) is 5.21. The summed E-state index contributed by atoms with van der Waals surface area (Å²) in [5.74, 6) is -0.0963. The van der Waals surface area contributed by atoms with Crippen molar-refractivity contribution < 1.29 is 14.3 Å². The molecule has 30 heavy (non-hydrogen) atoms. The minimum Gasteiger partial charge on any atom is -0.495 e. The Kier molecular flexibility index (Phi) is 5.46. The van der Waals surface area contributed by atoms with E-state index in [-0.39, 0.29) is 28.2 Å². The van der Waals surface area contributed by atoms with Crippen molar-refractivity contribution in [1.82, 2.24) is 0 Å². The molecule has 0 radical (unpaired) electrons. The van der Waals surface area contributed by atoms with Crippen LogP contribution < -0.4 is 10.5 Å². The van der Waals surface area contributed by atoms with Gasteiger partial charge < -0.3 is 15.2 Å². The lowest BCUT2D eigenvalue weighted by Gasteiger charge is -2.34. The maximum Gasteiger partial charge on any atom is 0.205 e. The van der Waals surface area contributed by atoms with Gasteiger partial charge in [0, 0.05) is 29.0 Å². The fourth-order valence-corrected chi connectivity index (χ4v) is 4.78. The first-order valence-electron chi connectivity index (χ1n) is 9.36. The molecule has 5 nitrogen and oxygen atoms in total. The second-order valence-electron chi connectivity index (χ2n) is 7.21. The number of ketones is 1. The van der Waals surface area contributed by atoms with Gasteiger partial charge in [0.15, 0.2) is 5.78 Å². The van der Waals surface area contributed by atoms with Gasteiger partial charge in [0.25, 0.3) is 0 Å². The monoisotopic (exact) mass is 440 g/mol. The fourth-order valence-electron chi connectivity index (χ4n) is 4.19. The van der Waals surface area contributed by atoms with Crippen LogP contribution in [0.3, 0.4) is 0 Å². The third-order valence-corrected chi connectivity index (χ3v) is 5.98.